The zero-order chi connectivity index (χ0) is 11.2. The lowest BCUT2D eigenvalue weighted by atomic mass is 10.1. The molecule has 0 aromatic heterocycles. The molecule has 94 valence electrons. The van der Waals surface area contributed by atoms with Gasteiger partial charge in [-0.3, -0.25) is 4.90 Å². The zero-order valence-electron chi connectivity index (χ0n) is 10.3. The Bertz CT molecular complexity index is 195. The van der Waals surface area contributed by atoms with Gasteiger partial charge < -0.3 is 14.8 Å². The summed E-state index contributed by atoms with van der Waals surface area (Å²) in [5, 5.41) is 3.35. The molecular weight excluding hydrogens is 204 g/mol. The van der Waals surface area contributed by atoms with Crippen molar-refractivity contribution in [3.63, 3.8) is 0 Å². The molecule has 1 atom stereocenters. The molecule has 2 rings (SSSR count). The fourth-order valence-corrected chi connectivity index (χ4v) is 2.39. The van der Waals surface area contributed by atoms with Crippen LogP contribution in [0.2, 0.25) is 0 Å². The SMILES string of the molecule is CC1COCCN1CCOC1CCNCC1. The van der Waals surface area contributed by atoms with Gasteiger partial charge in [-0.15, -0.1) is 0 Å². The monoisotopic (exact) mass is 228 g/mol. The maximum Gasteiger partial charge on any atom is 0.0619 e. The molecule has 2 aliphatic rings. The van der Waals surface area contributed by atoms with Gasteiger partial charge in [-0.2, -0.15) is 0 Å². The van der Waals surface area contributed by atoms with E-state index in [9.17, 15) is 0 Å². The minimum atomic E-state index is 0.484. The van der Waals surface area contributed by atoms with Crippen molar-refractivity contribution in [3.05, 3.63) is 0 Å². The third kappa shape index (κ3) is 3.70. The topological polar surface area (TPSA) is 33.7 Å². The third-order valence-corrected chi connectivity index (χ3v) is 3.52. The summed E-state index contributed by atoms with van der Waals surface area (Å²) in [4.78, 5) is 2.46. The van der Waals surface area contributed by atoms with Crippen LogP contribution in [0.15, 0.2) is 0 Å². The quantitative estimate of drug-likeness (QED) is 0.758. The van der Waals surface area contributed by atoms with Crippen LogP contribution in [0.25, 0.3) is 0 Å². The lowest BCUT2D eigenvalue weighted by Gasteiger charge is -2.33. The molecule has 0 aliphatic carbocycles. The van der Waals surface area contributed by atoms with Crippen molar-refractivity contribution in [1.82, 2.24) is 10.2 Å². The molecule has 0 radical (unpaired) electrons. The first-order valence-corrected chi connectivity index (χ1v) is 6.50. The third-order valence-electron chi connectivity index (χ3n) is 3.52. The molecule has 4 nitrogen and oxygen atoms in total. The van der Waals surface area contributed by atoms with Gasteiger partial charge in [0.25, 0.3) is 0 Å². The van der Waals surface area contributed by atoms with Crippen LogP contribution in [0.4, 0.5) is 0 Å². The van der Waals surface area contributed by atoms with E-state index >= 15 is 0 Å². The molecule has 2 saturated heterocycles. The van der Waals surface area contributed by atoms with Crippen molar-refractivity contribution >= 4 is 0 Å². The first-order valence-electron chi connectivity index (χ1n) is 6.50. The number of piperidine rings is 1. The van der Waals surface area contributed by atoms with Gasteiger partial charge in [0.1, 0.15) is 0 Å². The van der Waals surface area contributed by atoms with Gasteiger partial charge in [-0.25, -0.2) is 0 Å². The van der Waals surface area contributed by atoms with Crippen molar-refractivity contribution in [2.45, 2.75) is 31.9 Å². The average molecular weight is 228 g/mol. The van der Waals surface area contributed by atoms with Gasteiger partial charge in [0, 0.05) is 19.1 Å². The second kappa shape index (κ2) is 6.55. The number of rotatable bonds is 4. The van der Waals surface area contributed by atoms with Gasteiger partial charge in [-0.1, -0.05) is 0 Å². The normalized spacial score (nSPS) is 29.4. The van der Waals surface area contributed by atoms with E-state index in [1.807, 2.05) is 0 Å². The molecule has 0 amide bonds. The van der Waals surface area contributed by atoms with E-state index in [0.717, 1.165) is 46.0 Å². The Hall–Kier alpha value is -0.160. The van der Waals surface area contributed by atoms with Crippen LogP contribution in [-0.4, -0.2) is 63.0 Å². The van der Waals surface area contributed by atoms with E-state index in [1.165, 1.54) is 12.8 Å². The molecule has 0 bridgehead atoms. The predicted molar refractivity (Wildman–Crippen MR) is 63.7 cm³/mol. The average Bonchev–Trinajstić information content (AvgIpc) is 2.33. The summed E-state index contributed by atoms with van der Waals surface area (Å²) in [6.07, 6.45) is 2.81. The Morgan fingerprint density at radius 2 is 2.19 bits per heavy atom. The smallest absolute Gasteiger partial charge is 0.0619 e. The summed E-state index contributed by atoms with van der Waals surface area (Å²) < 4.78 is 11.3. The molecule has 16 heavy (non-hydrogen) atoms. The molecular formula is C12H24N2O2. The van der Waals surface area contributed by atoms with Gasteiger partial charge in [0.05, 0.1) is 25.9 Å². The first kappa shape index (κ1) is 12.3. The summed E-state index contributed by atoms with van der Waals surface area (Å²) in [5.41, 5.74) is 0. The maximum atomic E-state index is 5.91. The molecule has 2 heterocycles. The number of nitrogens with zero attached hydrogens (tertiary/aromatic N) is 1. The fraction of sp³-hybridized carbons (Fsp3) is 1.00. The summed E-state index contributed by atoms with van der Waals surface area (Å²) in [6, 6.07) is 0.547. The summed E-state index contributed by atoms with van der Waals surface area (Å²) in [7, 11) is 0. The van der Waals surface area contributed by atoms with Crippen LogP contribution in [0, 0.1) is 0 Å². The summed E-state index contributed by atoms with van der Waals surface area (Å²) >= 11 is 0. The van der Waals surface area contributed by atoms with E-state index in [1.54, 1.807) is 0 Å². The number of hydrogen-bond acceptors (Lipinski definition) is 4. The van der Waals surface area contributed by atoms with Crippen LogP contribution >= 0.6 is 0 Å². The summed E-state index contributed by atoms with van der Waals surface area (Å²) in [5.74, 6) is 0. The van der Waals surface area contributed by atoms with Gasteiger partial charge in [0.15, 0.2) is 0 Å². The largest absolute Gasteiger partial charge is 0.379 e. The van der Waals surface area contributed by atoms with Crippen LogP contribution in [0.1, 0.15) is 19.8 Å². The number of hydrogen-bond donors (Lipinski definition) is 1. The van der Waals surface area contributed by atoms with Crippen LogP contribution in [0.3, 0.4) is 0 Å². The van der Waals surface area contributed by atoms with E-state index in [0.29, 0.717) is 12.1 Å². The first-order chi connectivity index (χ1) is 7.86. The predicted octanol–water partition coefficient (Wildman–Crippen LogP) is 0.476. The van der Waals surface area contributed by atoms with Crippen molar-refractivity contribution in [2.24, 2.45) is 0 Å². The molecule has 2 aliphatic heterocycles. The Morgan fingerprint density at radius 1 is 1.38 bits per heavy atom. The molecule has 2 fully saturated rings. The lowest BCUT2D eigenvalue weighted by Crippen LogP contribution is -2.45. The van der Waals surface area contributed by atoms with E-state index in [4.69, 9.17) is 9.47 Å². The highest BCUT2D eigenvalue weighted by atomic mass is 16.5. The molecule has 4 heteroatoms. The van der Waals surface area contributed by atoms with Gasteiger partial charge in [-0.05, 0) is 32.9 Å². The van der Waals surface area contributed by atoms with E-state index in [-0.39, 0.29) is 0 Å². The second-order valence-corrected chi connectivity index (χ2v) is 4.78. The van der Waals surface area contributed by atoms with Crippen molar-refractivity contribution in [3.8, 4) is 0 Å². The summed E-state index contributed by atoms with van der Waals surface area (Å²) in [6.45, 7) is 9.16. The zero-order valence-corrected chi connectivity index (χ0v) is 10.3. The molecule has 0 aromatic carbocycles. The highest BCUT2D eigenvalue weighted by Crippen LogP contribution is 2.09. The van der Waals surface area contributed by atoms with Gasteiger partial charge >= 0.3 is 0 Å². The molecule has 1 N–H and O–H groups in total. The minimum Gasteiger partial charge on any atom is -0.379 e. The molecule has 1 unspecified atom stereocenters. The van der Waals surface area contributed by atoms with Crippen molar-refractivity contribution in [1.29, 1.82) is 0 Å². The lowest BCUT2D eigenvalue weighted by molar-refractivity contribution is -0.0293. The van der Waals surface area contributed by atoms with Gasteiger partial charge in [0.2, 0.25) is 0 Å². The van der Waals surface area contributed by atoms with E-state index < -0.39 is 0 Å². The fourth-order valence-electron chi connectivity index (χ4n) is 2.39. The number of ether oxygens (including phenoxy) is 2. The van der Waals surface area contributed by atoms with E-state index in [2.05, 4.69) is 17.1 Å². The Balaban J connectivity index is 1.59. The van der Waals surface area contributed by atoms with Crippen LogP contribution < -0.4 is 5.32 Å². The van der Waals surface area contributed by atoms with Crippen LogP contribution in [-0.2, 0) is 9.47 Å². The Kier molecular flexibility index (Phi) is 5.03. The second-order valence-electron chi connectivity index (χ2n) is 4.78. The van der Waals surface area contributed by atoms with Crippen molar-refractivity contribution < 1.29 is 9.47 Å². The molecule has 0 aromatic rings. The van der Waals surface area contributed by atoms with Crippen molar-refractivity contribution in [2.75, 3.05) is 46.0 Å². The Labute approximate surface area is 98.3 Å². The highest BCUT2D eigenvalue weighted by molar-refractivity contribution is 4.72. The Morgan fingerprint density at radius 3 is 2.94 bits per heavy atom. The molecule has 0 saturated carbocycles. The number of morpholine rings is 1. The highest BCUT2D eigenvalue weighted by Gasteiger charge is 2.19. The van der Waals surface area contributed by atoms with Crippen LogP contribution in [0.5, 0.6) is 0 Å². The minimum absolute atomic E-state index is 0.484. The number of nitrogens with one attached hydrogen (secondary N) is 1. The standard InChI is InChI=1S/C12H24N2O2/c1-11-10-15-8-6-14(11)7-9-16-12-2-4-13-5-3-12/h11-13H,2-10H2,1H3. The molecule has 0 spiro atoms. The maximum absolute atomic E-state index is 5.91.